The molecule has 0 aromatic carbocycles. The van der Waals surface area contributed by atoms with Gasteiger partial charge in [0.25, 0.3) is 10.1 Å². The second-order valence-electron chi connectivity index (χ2n) is 4.51. The first kappa shape index (κ1) is 11.0. The molecule has 0 heterocycles. The zero-order chi connectivity index (χ0) is 10.2. The Kier molecular flexibility index (Phi) is 3.02. The zero-order valence-electron chi connectivity index (χ0n) is 8.40. The van der Waals surface area contributed by atoms with Gasteiger partial charge in [-0.1, -0.05) is 20.8 Å². The average molecular weight is 206 g/mol. The minimum atomic E-state index is -3.85. The van der Waals surface area contributed by atoms with Crippen molar-refractivity contribution in [2.45, 2.75) is 38.9 Å². The summed E-state index contributed by atoms with van der Waals surface area (Å²) in [5, 5.41) is -0.552. The van der Waals surface area contributed by atoms with Gasteiger partial charge in [-0.15, -0.1) is 0 Å². The van der Waals surface area contributed by atoms with Crippen LogP contribution in [0.3, 0.4) is 0 Å². The van der Waals surface area contributed by atoms with Crippen molar-refractivity contribution in [2.75, 3.05) is 0 Å². The van der Waals surface area contributed by atoms with E-state index < -0.39 is 15.4 Å². The standard InChI is InChI=1S/C9H18O3S/c1-6-4-7(2)9(8(3)5-6)13(10,11)12/h6-9H,4-5H2,1-3H3,(H,10,11,12). The lowest BCUT2D eigenvalue weighted by Crippen LogP contribution is -2.39. The van der Waals surface area contributed by atoms with E-state index in [1.807, 2.05) is 13.8 Å². The van der Waals surface area contributed by atoms with Gasteiger partial charge in [-0.05, 0) is 30.6 Å². The van der Waals surface area contributed by atoms with E-state index in [1.165, 1.54) is 0 Å². The zero-order valence-corrected chi connectivity index (χ0v) is 9.21. The van der Waals surface area contributed by atoms with Crippen LogP contribution in [-0.4, -0.2) is 18.2 Å². The monoisotopic (exact) mass is 206 g/mol. The molecule has 0 aliphatic heterocycles. The van der Waals surface area contributed by atoms with Crippen molar-refractivity contribution in [3.63, 3.8) is 0 Å². The van der Waals surface area contributed by atoms with Crippen LogP contribution in [0.2, 0.25) is 0 Å². The van der Waals surface area contributed by atoms with Gasteiger partial charge >= 0.3 is 0 Å². The first-order chi connectivity index (χ1) is 5.82. The lowest BCUT2D eigenvalue weighted by molar-refractivity contribution is 0.227. The average Bonchev–Trinajstić information content (AvgIpc) is 1.78. The van der Waals surface area contributed by atoms with E-state index in [1.54, 1.807) is 0 Å². The summed E-state index contributed by atoms with van der Waals surface area (Å²) >= 11 is 0. The lowest BCUT2D eigenvalue weighted by Gasteiger charge is -2.35. The molecule has 2 atom stereocenters. The third-order valence-corrected chi connectivity index (χ3v) is 4.63. The fourth-order valence-corrected chi connectivity index (χ4v) is 4.18. The molecule has 13 heavy (non-hydrogen) atoms. The molecule has 0 aromatic heterocycles. The summed E-state index contributed by atoms with van der Waals surface area (Å²) in [6.45, 7) is 5.95. The Morgan fingerprint density at radius 3 is 1.77 bits per heavy atom. The summed E-state index contributed by atoms with van der Waals surface area (Å²) in [6, 6.07) is 0. The summed E-state index contributed by atoms with van der Waals surface area (Å²) in [5.74, 6) is 0.727. The minimum absolute atomic E-state index is 0.0775. The van der Waals surface area contributed by atoms with E-state index >= 15 is 0 Å². The van der Waals surface area contributed by atoms with Crippen molar-refractivity contribution < 1.29 is 13.0 Å². The van der Waals surface area contributed by atoms with Gasteiger partial charge in [-0.3, -0.25) is 4.55 Å². The molecular formula is C9H18O3S. The molecule has 1 aliphatic carbocycles. The molecule has 0 radical (unpaired) electrons. The van der Waals surface area contributed by atoms with Crippen LogP contribution in [0.15, 0.2) is 0 Å². The maximum absolute atomic E-state index is 11.1. The molecule has 0 saturated heterocycles. The van der Waals surface area contributed by atoms with Crippen molar-refractivity contribution in [3.8, 4) is 0 Å². The van der Waals surface area contributed by atoms with E-state index in [0.717, 1.165) is 12.8 Å². The van der Waals surface area contributed by atoms with Crippen LogP contribution in [0.1, 0.15) is 33.6 Å². The predicted octanol–water partition coefficient (Wildman–Crippen LogP) is 1.94. The number of rotatable bonds is 1. The second-order valence-corrected chi connectivity index (χ2v) is 6.09. The maximum Gasteiger partial charge on any atom is 0.268 e. The molecule has 1 N–H and O–H groups in total. The van der Waals surface area contributed by atoms with Gasteiger partial charge in [0, 0.05) is 0 Å². The highest BCUT2D eigenvalue weighted by atomic mass is 32.2. The van der Waals surface area contributed by atoms with E-state index in [-0.39, 0.29) is 11.8 Å². The fourth-order valence-electron chi connectivity index (χ4n) is 2.78. The van der Waals surface area contributed by atoms with Crippen molar-refractivity contribution >= 4 is 10.1 Å². The molecule has 0 aromatic rings. The van der Waals surface area contributed by atoms with E-state index in [4.69, 9.17) is 4.55 Å². The third-order valence-electron chi connectivity index (χ3n) is 3.01. The second kappa shape index (κ2) is 3.58. The highest BCUT2D eigenvalue weighted by Gasteiger charge is 2.39. The largest absolute Gasteiger partial charge is 0.285 e. The molecule has 0 amide bonds. The normalized spacial score (nSPS) is 41.8. The predicted molar refractivity (Wildman–Crippen MR) is 52.1 cm³/mol. The summed E-state index contributed by atoms with van der Waals surface area (Å²) in [4.78, 5) is 0. The van der Waals surface area contributed by atoms with Gasteiger partial charge in [0.1, 0.15) is 0 Å². The minimum Gasteiger partial charge on any atom is -0.285 e. The van der Waals surface area contributed by atoms with Gasteiger partial charge in [-0.2, -0.15) is 8.42 Å². The molecular weight excluding hydrogens is 188 g/mol. The number of hydrogen-bond acceptors (Lipinski definition) is 2. The van der Waals surface area contributed by atoms with Crippen molar-refractivity contribution in [3.05, 3.63) is 0 Å². The van der Waals surface area contributed by atoms with Gasteiger partial charge in [0.15, 0.2) is 0 Å². The SMILES string of the molecule is CC1CC(C)C(S(=O)(=O)O)C(C)C1. The Morgan fingerprint density at radius 1 is 1.08 bits per heavy atom. The molecule has 78 valence electrons. The molecule has 2 unspecified atom stereocenters. The Balaban J connectivity index is 2.85. The molecule has 0 bridgehead atoms. The van der Waals surface area contributed by atoms with Crippen LogP contribution >= 0.6 is 0 Å². The summed E-state index contributed by atoms with van der Waals surface area (Å²) < 4.78 is 31.2. The number of hydrogen-bond donors (Lipinski definition) is 1. The molecule has 3 nitrogen and oxygen atoms in total. The Hall–Kier alpha value is -0.0900. The van der Waals surface area contributed by atoms with Gasteiger partial charge < -0.3 is 0 Å². The molecule has 1 saturated carbocycles. The van der Waals surface area contributed by atoms with E-state index in [2.05, 4.69) is 6.92 Å². The van der Waals surface area contributed by atoms with E-state index in [9.17, 15) is 8.42 Å². The summed E-state index contributed by atoms with van der Waals surface area (Å²) in [7, 11) is -3.85. The van der Waals surface area contributed by atoms with Crippen molar-refractivity contribution in [1.82, 2.24) is 0 Å². The van der Waals surface area contributed by atoms with Gasteiger partial charge in [0.2, 0.25) is 0 Å². The highest BCUT2D eigenvalue weighted by Crippen LogP contribution is 2.36. The summed E-state index contributed by atoms with van der Waals surface area (Å²) in [5.41, 5.74) is 0. The molecule has 1 rings (SSSR count). The molecule has 4 heteroatoms. The summed E-state index contributed by atoms with van der Waals surface area (Å²) in [6.07, 6.45) is 1.80. The van der Waals surface area contributed by atoms with Crippen LogP contribution in [-0.2, 0) is 10.1 Å². The topological polar surface area (TPSA) is 54.4 Å². The molecule has 0 spiro atoms. The first-order valence-corrected chi connectivity index (χ1v) is 6.29. The lowest BCUT2D eigenvalue weighted by atomic mass is 9.77. The Morgan fingerprint density at radius 2 is 1.46 bits per heavy atom. The maximum atomic E-state index is 11.1. The third kappa shape index (κ3) is 2.44. The van der Waals surface area contributed by atoms with Crippen molar-refractivity contribution in [1.29, 1.82) is 0 Å². The fraction of sp³-hybridized carbons (Fsp3) is 1.00. The Labute approximate surface area is 80.3 Å². The van der Waals surface area contributed by atoms with Crippen LogP contribution < -0.4 is 0 Å². The molecule has 1 aliphatic rings. The highest BCUT2D eigenvalue weighted by molar-refractivity contribution is 7.86. The van der Waals surface area contributed by atoms with Crippen LogP contribution in [0.4, 0.5) is 0 Å². The van der Waals surface area contributed by atoms with E-state index in [0.29, 0.717) is 5.92 Å². The van der Waals surface area contributed by atoms with Crippen LogP contribution in [0.25, 0.3) is 0 Å². The first-order valence-electron chi connectivity index (χ1n) is 4.78. The molecule has 1 fully saturated rings. The smallest absolute Gasteiger partial charge is 0.268 e. The van der Waals surface area contributed by atoms with Gasteiger partial charge in [0.05, 0.1) is 5.25 Å². The Bertz CT molecular complexity index is 259. The quantitative estimate of drug-likeness (QED) is 0.667. The van der Waals surface area contributed by atoms with Crippen LogP contribution in [0, 0.1) is 17.8 Å². The van der Waals surface area contributed by atoms with Crippen LogP contribution in [0.5, 0.6) is 0 Å². The van der Waals surface area contributed by atoms with Gasteiger partial charge in [-0.25, -0.2) is 0 Å². The van der Waals surface area contributed by atoms with Crippen molar-refractivity contribution in [2.24, 2.45) is 17.8 Å².